The van der Waals surface area contributed by atoms with Crippen LogP contribution < -0.4 is 10.2 Å². The monoisotopic (exact) mass is 277 g/mol. The van der Waals surface area contributed by atoms with Crippen molar-refractivity contribution in [2.45, 2.75) is 45.8 Å². The van der Waals surface area contributed by atoms with Crippen LogP contribution in [0.2, 0.25) is 0 Å². The van der Waals surface area contributed by atoms with E-state index in [2.05, 4.69) is 41.2 Å². The third kappa shape index (κ3) is 4.46. The van der Waals surface area contributed by atoms with Crippen molar-refractivity contribution in [1.82, 2.24) is 10.3 Å². The zero-order chi connectivity index (χ0) is 14.2. The molecule has 2 heterocycles. The van der Waals surface area contributed by atoms with Crippen LogP contribution in [0.3, 0.4) is 0 Å². The van der Waals surface area contributed by atoms with Crippen LogP contribution in [0.1, 0.15) is 38.8 Å². The minimum atomic E-state index is 0.383. The van der Waals surface area contributed by atoms with Gasteiger partial charge in [0.05, 0.1) is 11.8 Å². The highest BCUT2D eigenvalue weighted by Gasteiger charge is 2.20. The van der Waals surface area contributed by atoms with E-state index in [0.29, 0.717) is 6.10 Å². The van der Waals surface area contributed by atoms with Gasteiger partial charge in [-0.15, -0.1) is 0 Å². The van der Waals surface area contributed by atoms with E-state index in [0.717, 1.165) is 44.9 Å². The number of anilines is 1. The van der Waals surface area contributed by atoms with Gasteiger partial charge in [0.25, 0.3) is 0 Å². The molecule has 20 heavy (non-hydrogen) atoms. The van der Waals surface area contributed by atoms with E-state index in [9.17, 15) is 0 Å². The third-order valence-electron chi connectivity index (χ3n) is 3.66. The van der Waals surface area contributed by atoms with E-state index in [1.807, 2.05) is 6.20 Å². The van der Waals surface area contributed by atoms with E-state index in [-0.39, 0.29) is 0 Å². The zero-order valence-corrected chi connectivity index (χ0v) is 12.8. The van der Waals surface area contributed by atoms with Gasteiger partial charge < -0.3 is 15.0 Å². The molecule has 0 radical (unpaired) electrons. The molecule has 112 valence electrons. The molecule has 1 saturated heterocycles. The lowest BCUT2D eigenvalue weighted by molar-refractivity contribution is 0.0440. The molecule has 1 atom stereocenters. The topological polar surface area (TPSA) is 37.4 Å². The first kappa shape index (κ1) is 15.3. The molecule has 2 rings (SSSR count). The SMILES string of the molecule is CCCOC1CCCN(c2ccnc(CNCC)c2)C1. The van der Waals surface area contributed by atoms with Crippen LogP contribution in [0.25, 0.3) is 0 Å². The molecular formula is C16H27N3O. The van der Waals surface area contributed by atoms with Gasteiger partial charge in [0.2, 0.25) is 0 Å². The smallest absolute Gasteiger partial charge is 0.0750 e. The maximum absolute atomic E-state index is 5.91. The third-order valence-corrected chi connectivity index (χ3v) is 3.66. The number of nitrogens with one attached hydrogen (secondary N) is 1. The maximum atomic E-state index is 5.91. The second-order valence-corrected chi connectivity index (χ2v) is 5.37. The lowest BCUT2D eigenvalue weighted by Crippen LogP contribution is -2.40. The molecule has 0 bridgehead atoms. The van der Waals surface area contributed by atoms with Crippen molar-refractivity contribution in [2.24, 2.45) is 0 Å². The molecular weight excluding hydrogens is 250 g/mol. The van der Waals surface area contributed by atoms with Crippen LogP contribution in [0.15, 0.2) is 18.3 Å². The number of pyridine rings is 1. The number of nitrogens with zero attached hydrogens (tertiary/aromatic N) is 2. The minimum Gasteiger partial charge on any atom is -0.376 e. The fourth-order valence-corrected chi connectivity index (χ4v) is 2.61. The predicted molar refractivity (Wildman–Crippen MR) is 83.1 cm³/mol. The second-order valence-electron chi connectivity index (χ2n) is 5.37. The number of piperidine rings is 1. The molecule has 4 nitrogen and oxygen atoms in total. The van der Waals surface area contributed by atoms with Crippen molar-refractivity contribution in [2.75, 3.05) is 31.1 Å². The Morgan fingerprint density at radius 3 is 3.15 bits per heavy atom. The lowest BCUT2D eigenvalue weighted by atomic mass is 10.1. The van der Waals surface area contributed by atoms with Gasteiger partial charge >= 0.3 is 0 Å². The summed E-state index contributed by atoms with van der Waals surface area (Å²) in [4.78, 5) is 6.85. The van der Waals surface area contributed by atoms with Crippen molar-refractivity contribution in [3.8, 4) is 0 Å². The van der Waals surface area contributed by atoms with Crippen molar-refractivity contribution < 1.29 is 4.74 Å². The Bertz CT molecular complexity index is 397. The number of ether oxygens (including phenoxy) is 1. The number of aromatic nitrogens is 1. The Morgan fingerprint density at radius 1 is 1.45 bits per heavy atom. The molecule has 1 aliphatic heterocycles. The van der Waals surface area contributed by atoms with E-state index >= 15 is 0 Å². The van der Waals surface area contributed by atoms with Gasteiger partial charge in [-0.05, 0) is 37.9 Å². The number of hydrogen-bond acceptors (Lipinski definition) is 4. The summed E-state index contributed by atoms with van der Waals surface area (Å²) in [6.45, 7) is 9.10. The summed E-state index contributed by atoms with van der Waals surface area (Å²) >= 11 is 0. The molecule has 1 N–H and O–H groups in total. The Hall–Kier alpha value is -1.13. The van der Waals surface area contributed by atoms with Crippen LogP contribution in [0.4, 0.5) is 5.69 Å². The predicted octanol–water partition coefficient (Wildman–Crippen LogP) is 2.59. The van der Waals surface area contributed by atoms with Crippen LogP contribution in [0, 0.1) is 0 Å². The summed E-state index contributed by atoms with van der Waals surface area (Å²) in [5.41, 5.74) is 2.39. The van der Waals surface area contributed by atoms with Gasteiger partial charge in [0.1, 0.15) is 0 Å². The molecule has 0 spiro atoms. The highest BCUT2D eigenvalue weighted by molar-refractivity contribution is 5.47. The van der Waals surface area contributed by atoms with E-state index in [4.69, 9.17) is 4.74 Å². The minimum absolute atomic E-state index is 0.383. The fourth-order valence-electron chi connectivity index (χ4n) is 2.61. The van der Waals surface area contributed by atoms with Gasteiger partial charge in [-0.25, -0.2) is 0 Å². The normalized spacial score (nSPS) is 19.3. The zero-order valence-electron chi connectivity index (χ0n) is 12.8. The molecule has 0 saturated carbocycles. The molecule has 1 aliphatic rings. The van der Waals surface area contributed by atoms with Gasteiger partial charge in [0.15, 0.2) is 0 Å². The molecule has 0 aromatic carbocycles. The Balaban J connectivity index is 1.95. The average molecular weight is 277 g/mol. The molecule has 1 fully saturated rings. The van der Waals surface area contributed by atoms with Gasteiger partial charge in [-0.1, -0.05) is 13.8 Å². The Labute approximate surface area is 122 Å². The molecule has 0 amide bonds. The van der Waals surface area contributed by atoms with E-state index in [1.54, 1.807) is 0 Å². The largest absolute Gasteiger partial charge is 0.376 e. The Kier molecular flexibility index (Phi) is 6.27. The first-order valence-corrected chi connectivity index (χ1v) is 7.85. The fraction of sp³-hybridized carbons (Fsp3) is 0.688. The van der Waals surface area contributed by atoms with Crippen LogP contribution in [0.5, 0.6) is 0 Å². The summed E-state index contributed by atoms with van der Waals surface area (Å²) in [5.74, 6) is 0. The molecule has 1 aromatic heterocycles. The average Bonchev–Trinajstić information content (AvgIpc) is 2.51. The van der Waals surface area contributed by atoms with Crippen molar-refractivity contribution in [3.05, 3.63) is 24.0 Å². The number of hydrogen-bond donors (Lipinski definition) is 1. The van der Waals surface area contributed by atoms with Gasteiger partial charge in [-0.3, -0.25) is 4.98 Å². The summed E-state index contributed by atoms with van der Waals surface area (Å²) < 4.78 is 5.91. The van der Waals surface area contributed by atoms with Crippen molar-refractivity contribution >= 4 is 5.69 Å². The quantitative estimate of drug-likeness (QED) is 0.831. The summed E-state index contributed by atoms with van der Waals surface area (Å²) in [6.07, 6.45) is 5.79. The van der Waals surface area contributed by atoms with Crippen LogP contribution in [-0.2, 0) is 11.3 Å². The summed E-state index contributed by atoms with van der Waals surface area (Å²) in [5, 5.41) is 3.33. The first-order valence-electron chi connectivity index (χ1n) is 7.85. The summed E-state index contributed by atoms with van der Waals surface area (Å²) in [6, 6.07) is 4.31. The van der Waals surface area contributed by atoms with E-state index < -0.39 is 0 Å². The van der Waals surface area contributed by atoms with Gasteiger partial charge in [0, 0.05) is 38.1 Å². The molecule has 0 aliphatic carbocycles. The van der Waals surface area contributed by atoms with Crippen LogP contribution in [-0.4, -0.2) is 37.3 Å². The van der Waals surface area contributed by atoms with Crippen molar-refractivity contribution in [3.63, 3.8) is 0 Å². The van der Waals surface area contributed by atoms with Crippen LogP contribution >= 0.6 is 0 Å². The number of rotatable bonds is 7. The van der Waals surface area contributed by atoms with Gasteiger partial charge in [-0.2, -0.15) is 0 Å². The van der Waals surface area contributed by atoms with E-state index in [1.165, 1.54) is 18.5 Å². The lowest BCUT2D eigenvalue weighted by Gasteiger charge is -2.34. The van der Waals surface area contributed by atoms with Crippen molar-refractivity contribution in [1.29, 1.82) is 0 Å². The second kappa shape index (κ2) is 8.22. The Morgan fingerprint density at radius 2 is 2.35 bits per heavy atom. The highest BCUT2D eigenvalue weighted by Crippen LogP contribution is 2.21. The highest BCUT2D eigenvalue weighted by atomic mass is 16.5. The molecule has 1 aromatic rings. The summed E-state index contributed by atoms with van der Waals surface area (Å²) in [7, 11) is 0. The molecule has 4 heteroatoms. The first-order chi connectivity index (χ1) is 9.83. The maximum Gasteiger partial charge on any atom is 0.0750 e. The standard InChI is InChI=1S/C16H27N3O/c1-3-10-20-16-6-5-9-19(13-16)15-7-8-18-14(11-15)12-17-4-2/h7-8,11,16-17H,3-6,9-10,12-13H2,1-2H3. The molecule has 1 unspecified atom stereocenters.